The van der Waals surface area contributed by atoms with E-state index in [2.05, 4.69) is 131 Å². The van der Waals surface area contributed by atoms with Gasteiger partial charge in [0.15, 0.2) is 0 Å². The lowest BCUT2D eigenvalue weighted by atomic mass is 9.79. The minimum absolute atomic E-state index is 0.218. The average molecular weight is 450 g/mol. The van der Waals surface area contributed by atoms with Gasteiger partial charge in [-0.2, -0.15) is 0 Å². The highest BCUT2D eigenvalue weighted by molar-refractivity contribution is 5.69. The van der Waals surface area contributed by atoms with Crippen LogP contribution < -0.4 is 0 Å². The Hall–Kier alpha value is -3.10. The van der Waals surface area contributed by atoms with Gasteiger partial charge in [-0.1, -0.05) is 91.0 Å². The Balaban J connectivity index is 1.83. The molecule has 0 saturated carbocycles. The number of rotatable bonds is 6. The molecule has 0 unspecified atom stereocenters. The number of nitrogens with zero attached hydrogens (tertiary/aromatic N) is 1. The summed E-state index contributed by atoms with van der Waals surface area (Å²) in [5.74, 6) is 2.61. The molecule has 1 heterocycles. The molecule has 1 aromatic heterocycles. The van der Waals surface area contributed by atoms with Crippen molar-refractivity contribution < 1.29 is 4.42 Å². The molecule has 0 N–H and O–H groups in total. The Morgan fingerprint density at radius 1 is 0.647 bits per heavy atom. The van der Waals surface area contributed by atoms with E-state index in [1.807, 2.05) is 0 Å². The predicted octanol–water partition coefficient (Wildman–Crippen LogP) is 8.34. The van der Waals surface area contributed by atoms with Gasteiger partial charge in [-0.15, -0.1) is 0 Å². The predicted molar refractivity (Wildman–Crippen MR) is 141 cm³/mol. The van der Waals surface area contributed by atoms with Gasteiger partial charge in [0.25, 0.3) is 0 Å². The summed E-state index contributed by atoms with van der Waals surface area (Å²) in [6.45, 7) is 11.5. The second-order valence-electron chi connectivity index (χ2n) is 10.1. The van der Waals surface area contributed by atoms with Crippen LogP contribution in [0.1, 0.15) is 73.6 Å². The van der Waals surface area contributed by atoms with E-state index in [0.29, 0.717) is 18.0 Å². The molecule has 174 valence electrons. The number of fused-ring (bicyclic) bond motifs is 1. The lowest BCUT2D eigenvalue weighted by Crippen LogP contribution is -2.42. The van der Waals surface area contributed by atoms with E-state index in [-0.39, 0.29) is 12.0 Å². The number of aryl methyl sites for hydroxylation is 1. The van der Waals surface area contributed by atoms with E-state index in [1.54, 1.807) is 0 Å². The number of furan rings is 1. The van der Waals surface area contributed by atoms with Crippen molar-refractivity contribution in [3.8, 4) is 11.3 Å². The average Bonchev–Trinajstić information content (AvgIpc) is 3.36. The lowest BCUT2D eigenvalue weighted by Gasteiger charge is -2.41. The van der Waals surface area contributed by atoms with Crippen LogP contribution >= 0.6 is 0 Å². The van der Waals surface area contributed by atoms with Crippen LogP contribution in [0, 0.1) is 6.92 Å². The van der Waals surface area contributed by atoms with Crippen LogP contribution in [0.3, 0.4) is 0 Å². The minimum Gasteiger partial charge on any atom is -0.461 e. The van der Waals surface area contributed by atoms with Gasteiger partial charge in [0.1, 0.15) is 11.5 Å². The molecular weight excluding hydrogens is 414 g/mol. The van der Waals surface area contributed by atoms with E-state index in [4.69, 9.17) is 4.42 Å². The zero-order valence-electron chi connectivity index (χ0n) is 20.9. The van der Waals surface area contributed by atoms with Gasteiger partial charge in [0, 0.05) is 46.7 Å². The number of hydrogen-bond donors (Lipinski definition) is 0. The normalized spacial score (nSPS) is 19.8. The molecule has 0 radical (unpaired) electrons. The molecule has 34 heavy (non-hydrogen) atoms. The van der Waals surface area contributed by atoms with Crippen molar-refractivity contribution in [2.75, 3.05) is 0 Å². The first-order chi connectivity index (χ1) is 16.5. The standard InChI is InChI=1S/C32H35NO/c1-21(2)33(22(3)4)31-29(25-17-11-7-12-18-25)28(24-15-9-6-10-16-24)27-23(5)34-32(30(27)31)26-19-13-8-14-20-26/h6-22,28-29,31H,1-5H3/t28-,29+,31-/m1/s1. The molecular formula is C32H35NO. The zero-order chi connectivity index (χ0) is 23.8. The summed E-state index contributed by atoms with van der Waals surface area (Å²) in [5, 5.41) is 0. The van der Waals surface area contributed by atoms with Crippen LogP contribution in [-0.2, 0) is 0 Å². The largest absolute Gasteiger partial charge is 0.461 e. The van der Waals surface area contributed by atoms with Crippen LogP contribution in [0.15, 0.2) is 95.4 Å². The molecule has 0 bridgehead atoms. The molecule has 0 fully saturated rings. The summed E-state index contributed by atoms with van der Waals surface area (Å²) in [7, 11) is 0. The zero-order valence-corrected chi connectivity index (χ0v) is 20.9. The van der Waals surface area contributed by atoms with Gasteiger partial charge < -0.3 is 4.42 Å². The van der Waals surface area contributed by atoms with Crippen molar-refractivity contribution >= 4 is 0 Å². The van der Waals surface area contributed by atoms with Crippen LogP contribution in [0.2, 0.25) is 0 Å². The Bertz CT molecular complexity index is 1220. The molecule has 3 atom stereocenters. The van der Waals surface area contributed by atoms with Gasteiger partial charge >= 0.3 is 0 Å². The third-order valence-corrected chi connectivity index (χ3v) is 7.37. The third kappa shape index (κ3) is 3.80. The van der Waals surface area contributed by atoms with Gasteiger partial charge in [0.2, 0.25) is 0 Å². The SMILES string of the molecule is Cc1oc(-c2ccccc2)c2c1[C@@H](c1ccccc1)[C@H](c1ccccc1)[C@H]2N(C(C)C)C(C)C. The highest BCUT2D eigenvalue weighted by atomic mass is 16.3. The fraction of sp³-hybridized carbons (Fsp3) is 0.312. The second-order valence-corrected chi connectivity index (χ2v) is 10.1. The van der Waals surface area contributed by atoms with Crippen LogP contribution in [0.25, 0.3) is 11.3 Å². The highest BCUT2D eigenvalue weighted by Gasteiger charge is 2.50. The van der Waals surface area contributed by atoms with Crippen molar-refractivity contribution in [3.05, 3.63) is 119 Å². The molecule has 0 spiro atoms. The molecule has 0 amide bonds. The van der Waals surface area contributed by atoms with Crippen molar-refractivity contribution in [1.82, 2.24) is 4.90 Å². The molecule has 2 nitrogen and oxygen atoms in total. The van der Waals surface area contributed by atoms with Crippen molar-refractivity contribution in [2.45, 2.75) is 64.6 Å². The number of benzene rings is 3. The first-order valence-electron chi connectivity index (χ1n) is 12.5. The fourth-order valence-electron chi connectivity index (χ4n) is 6.26. The Labute approximate surface area is 204 Å². The Kier molecular flexibility index (Phi) is 6.18. The highest BCUT2D eigenvalue weighted by Crippen LogP contribution is 2.60. The first kappa shape index (κ1) is 22.7. The molecule has 0 saturated heterocycles. The molecule has 4 aromatic rings. The lowest BCUT2D eigenvalue weighted by molar-refractivity contribution is 0.0972. The van der Waals surface area contributed by atoms with Crippen LogP contribution in [0.5, 0.6) is 0 Å². The van der Waals surface area contributed by atoms with Gasteiger partial charge in [-0.25, -0.2) is 0 Å². The maximum atomic E-state index is 6.62. The van der Waals surface area contributed by atoms with Gasteiger partial charge in [0.05, 0.1) is 0 Å². The van der Waals surface area contributed by atoms with E-state index >= 15 is 0 Å². The fourth-order valence-corrected chi connectivity index (χ4v) is 6.26. The Morgan fingerprint density at radius 2 is 1.15 bits per heavy atom. The third-order valence-electron chi connectivity index (χ3n) is 7.37. The Morgan fingerprint density at radius 3 is 1.68 bits per heavy atom. The van der Waals surface area contributed by atoms with E-state index in [9.17, 15) is 0 Å². The van der Waals surface area contributed by atoms with E-state index in [1.165, 1.54) is 22.3 Å². The molecule has 1 aliphatic carbocycles. The summed E-state index contributed by atoms with van der Waals surface area (Å²) in [6.07, 6.45) is 0. The van der Waals surface area contributed by atoms with Crippen LogP contribution in [0.4, 0.5) is 0 Å². The second kappa shape index (κ2) is 9.27. The first-order valence-corrected chi connectivity index (χ1v) is 12.5. The van der Waals surface area contributed by atoms with E-state index < -0.39 is 0 Å². The molecule has 5 rings (SSSR count). The topological polar surface area (TPSA) is 16.4 Å². The summed E-state index contributed by atoms with van der Waals surface area (Å²) >= 11 is 0. The molecule has 1 aliphatic rings. The van der Waals surface area contributed by atoms with Crippen molar-refractivity contribution in [2.24, 2.45) is 0 Å². The van der Waals surface area contributed by atoms with E-state index in [0.717, 1.165) is 17.1 Å². The molecule has 3 aromatic carbocycles. The van der Waals surface area contributed by atoms with Gasteiger partial charge in [-0.3, -0.25) is 4.90 Å². The number of hydrogen-bond acceptors (Lipinski definition) is 2. The summed E-state index contributed by atoms with van der Waals surface area (Å²) in [5.41, 5.74) is 6.65. The van der Waals surface area contributed by atoms with Crippen molar-refractivity contribution in [3.63, 3.8) is 0 Å². The maximum Gasteiger partial charge on any atom is 0.139 e. The van der Waals surface area contributed by atoms with Gasteiger partial charge in [-0.05, 0) is 45.7 Å². The molecule has 0 aliphatic heterocycles. The minimum atomic E-state index is 0.218. The summed E-state index contributed by atoms with van der Waals surface area (Å²) in [6, 6.07) is 33.8. The van der Waals surface area contributed by atoms with Crippen molar-refractivity contribution in [1.29, 1.82) is 0 Å². The summed E-state index contributed by atoms with van der Waals surface area (Å²) in [4.78, 5) is 2.70. The maximum absolute atomic E-state index is 6.62. The smallest absolute Gasteiger partial charge is 0.139 e. The van der Waals surface area contributed by atoms with Crippen LogP contribution in [-0.4, -0.2) is 17.0 Å². The summed E-state index contributed by atoms with van der Waals surface area (Å²) < 4.78 is 6.62. The quantitative estimate of drug-likeness (QED) is 0.294. The monoisotopic (exact) mass is 449 g/mol. The molecule has 2 heteroatoms.